The molecular formula is C14H22N2O2S. The van der Waals surface area contributed by atoms with Gasteiger partial charge in [0.15, 0.2) is 0 Å². The molecule has 0 aliphatic heterocycles. The molecule has 0 radical (unpaired) electrons. The molecular weight excluding hydrogens is 260 g/mol. The Morgan fingerprint density at radius 2 is 2.05 bits per heavy atom. The number of sulfonamides is 1. The van der Waals surface area contributed by atoms with Gasteiger partial charge < -0.3 is 5.73 Å². The number of benzene rings is 1. The van der Waals surface area contributed by atoms with Crippen LogP contribution >= 0.6 is 0 Å². The fraction of sp³-hybridized carbons (Fsp3) is 0.571. The molecule has 2 atom stereocenters. The number of nitrogens with two attached hydrogens (primary N) is 1. The monoisotopic (exact) mass is 282 g/mol. The normalized spacial score (nSPS) is 24.3. The smallest absolute Gasteiger partial charge is 0.240 e. The van der Waals surface area contributed by atoms with Gasteiger partial charge in [-0.1, -0.05) is 32.3 Å². The molecule has 1 aliphatic carbocycles. The SMILES string of the molecule is CCC1CCCCC1NS(=O)(=O)c1cccc(N)c1. The van der Waals surface area contributed by atoms with E-state index < -0.39 is 10.0 Å². The first-order valence-electron chi connectivity index (χ1n) is 6.91. The second-order valence-corrected chi connectivity index (χ2v) is 6.97. The van der Waals surface area contributed by atoms with E-state index in [1.165, 1.54) is 12.5 Å². The summed E-state index contributed by atoms with van der Waals surface area (Å²) < 4.78 is 27.6. The van der Waals surface area contributed by atoms with Gasteiger partial charge in [0.2, 0.25) is 10.0 Å². The second kappa shape index (κ2) is 5.92. The standard InChI is InChI=1S/C14H22N2O2S/c1-2-11-6-3-4-9-14(11)16-19(17,18)13-8-5-7-12(15)10-13/h5,7-8,10-11,14,16H,2-4,6,9,15H2,1H3. The number of nitrogens with one attached hydrogen (secondary N) is 1. The molecule has 1 saturated carbocycles. The number of anilines is 1. The third kappa shape index (κ3) is 3.48. The predicted molar refractivity (Wildman–Crippen MR) is 77.2 cm³/mol. The number of rotatable bonds is 4. The molecule has 0 heterocycles. The first-order valence-corrected chi connectivity index (χ1v) is 8.39. The summed E-state index contributed by atoms with van der Waals surface area (Å²) in [6, 6.07) is 6.51. The Bertz CT molecular complexity index is 528. The Morgan fingerprint density at radius 3 is 2.74 bits per heavy atom. The molecule has 1 aromatic rings. The highest BCUT2D eigenvalue weighted by molar-refractivity contribution is 7.89. The topological polar surface area (TPSA) is 72.2 Å². The van der Waals surface area contributed by atoms with Gasteiger partial charge in [-0.2, -0.15) is 0 Å². The Morgan fingerprint density at radius 1 is 1.32 bits per heavy atom. The van der Waals surface area contributed by atoms with Gasteiger partial charge in [-0.25, -0.2) is 13.1 Å². The molecule has 0 saturated heterocycles. The molecule has 0 amide bonds. The van der Waals surface area contributed by atoms with E-state index in [-0.39, 0.29) is 10.9 Å². The van der Waals surface area contributed by atoms with Gasteiger partial charge in [0.05, 0.1) is 4.90 Å². The second-order valence-electron chi connectivity index (χ2n) is 5.25. The number of hydrogen-bond donors (Lipinski definition) is 2. The maximum absolute atomic E-state index is 12.3. The first-order chi connectivity index (χ1) is 9.03. The van der Waals surface area contributed by atoms with E-state index in [9.17, 15) is 8.42 Å². The zero-order valence-corrected chi connectivity index (χ0v) is 12.1. The Labute approximate surface area is 115 Å². The van der Waals surface area contributed by atoms with Crippen molar-refractivity contribution in [3.05, 3.63) is 24.3 Å². The van der Waals surface area contributed by atoms with Crippen molar-refractivity contribution < 1.29 is 8.42 Å². The maximum atomic E-state index is 12.3. The van der Waals surface area contributed by atoms with Crippen LogP contribution in [-0.2, 0) is 10.0 Å². The highest BCUT2D eigenvalue weighted by Gasteiger charge is 2.28. The largest absolute Gasteiger partial charge is 0.399 e. The van der Waals surface area contributed by atoms with Gasteiger partial charge in [-0.3, -0.25) is 0 Å². The van der Waals surface area contributed by atoms with Crippen LogP contribution in [-0.4, -0.2) is 14.5 Å². The van der Waals surface area contributed by atoms with E-state index >= 15 is 0 Å². The predicted octanol–water partition coefficient (Wildman–Crippen LogP) is 2.52. The third-order valence-corrected chi connectivity index (χ3v) is 5.40. The van der Waals surface area contributed by atoms with Crippen molar-refractivity contribution in [1.29, 1.82) is 0 Å². The minimum atomic E-state index is -3.46. The summed E-state index contributed by atoms with van der Waals surface area (Å²) in [5, 5.41) is 0. The third-order valence-electron chi connectivity index (χ3n) is 3.91. The molecule has 1 aliphatic rings. The molecule has 1 aromatic carbocycles. The Kier molecular flexibility index (Phi) is 4.47. The quantitative estimate of drug-likeness (QED) is 0.833. The van der Waals surface area contributed by atoms with Crippen molar-refractivity contribution in [3.63, 3.8) is 0 Å². The van der Waals surface area contributed by atoms with Crippen LogP contribution in [0, 0.1) is 5.92 Å². The molecule has 19 heavy (non-hydrogen) atoms. The van der Waals surface area contributed by atoms with E-state index in [4.69, 9.17) is 5.73 Å². The summed E-state index contributed by atoms with van der Waals surface area (Å²) in [7, 11) is -3.46. The highest BCUT2D eigenvalue weighted by Crippen LogP contribution is 2.28. The molecule has 4 nitrogen and oxygen atoms in total. The number of nitrogen functional groups attached to an aromatic ring is 1. The zero-order chi connectivity index (χ0) is 13.9. The minimum Gasteiger partial charge on any atom is -0.399 e. The Balaban J connectivity index is 2.16. The van der Waals surface area contributed by atoms with Crippen molar-refractivity contribution >= 4 is 15.7 Å². The van der Waals surface area contributed by atoms with Crippen LogP contribution in [0.1, 0.15) is 39.0 Å². The summed E-state index contributed by atoms with van der Waals surface area (Å²) in [6.45, 7) is 2.12. The summed E-state index contributed by atoms with van der Waals surface area (Å²) >= 11 is 0. The van der Waals surface area contributed by atoms with Gasteiger partial charge in [-0.15, -0.1) is 0 Å². The molecule has 2 unspecified atom stereocenters. The van der Waals surface area contributed by atoms with Gasteiger partial charge in [0, 0.05) is 11.7 Å². The summed E-state index contributed by atoms with van der Waals surface area (Å²) in [6.07, 6.45) is 5.36. The molecule has 2 rings (SSSR count). The van der Waals surface area contributed by atoms with Crippen molar-refractivity contribution in [2.24, 2.45) is 5.92 Å². The molecule has 0 bridgehead atoms. The minimum absolute atomic E-state index is 0.0604. The van der Waals surface area contributed by atoms with Crippen molar-refractivity contribution in [2.75, 3.05) is 5.73 Å². The molecule has 106 valence electrons. The van der Waals surface area contributed by atoms with Gasteiger partial charge in [0.1, 0.15) is 0 Å². The van der Waals surface area contributed by atoms with Crippen LogP contribution in [0.15, 0.2) is 29.2 Å². The lowest BCUT2D eigenvalue weighted by atomic mass is 9.83. The molecule has 3 N–H and O–H groups in total. The molecule has 0 spiro atoms. The number of hydrogen-bond acceptors (Lipinski definition) is 3. The fourth-order valence-corrected chi connectivity index (χ4v) is 4.19. The van der Waals surface area contributed by atoms with Crippen LogP contribution in [0.5, 0.6) is 0 Å². The van der Waals surface area contributed by atoms with Crippen LogP contribution in [0.3, 0.4) is 0 Å². The van der Waals surface area contributed by atoms with E-state index in [2.05, 4.69) is 11.6 Å². The Hall–Kier alpha value is -1.07. The van der Waals surface area contributed by atoms with Crippen molar-refractivity contribution in [3.8, 4) is 0 Å². The van der Waals surface area contributed by atoms with Crippen LogP contribution in [0.4, 0.5) is 5.69 Å². The fourth-order valence-electron chi connectivity index (χ4n) is 2.80. The van der Waals surface area contributed by atoms with Crippen molar-refractivity contribution in [1.82, 2.24) is 4.72 Å². The van der Waals surface area contributed by atoms with Crippen LogP contribution in [0.25, 0.3) is 0 Å². The average Bonchev–Trinajstić information content (AvgIpc) is 2.39. The molecule has 0 aromatic heterocycles. The van der Waals surface area contributed by atoms with Gasteiger partial charge >= 0.3 is 0 Å². The van der Waals surface area contributed by atoms with Gasteiger partial charge in [-0.05, 0) is 37.0 Å². The van der Waals surface area contributed by atoms with Crippen LogP contribution < -0.4 is 10.5 Å². The zero-order valence-electron chi connectivity index (χ0n) is 11.3. The van der Waals surface area contributed by atoms with E-state index in [1.807, 2.05) is 0 Å². The first kappa shape index (κ1) is 14.3. The lowest BCUT2D eigenvalue weighted by Crippen LogP contribution is -2.41. The lowest BCUT2D eigenvalue weighted by molar-refractivity contribution is 0.282. The van der Waals surface area contributed by atoms with Crippen LogP contribution in [0.2, 0.25) is 0 Å². The van der Waals surface area contributed by atoms with E-state index in [0.29, 0.717) is 11.6 Å². The van der Waals surface area contributed by atoms with E-state index in [1.54, 1.807) is 18.2 Å². The average molecular weight is 282 g/mol. The van der Waals surface area contributed by atoms with Crippen molar-refractivity contribution in [2.45, 2.75) is 50.0 Å². The van der Waals surface area contributed by atoms with E-state index in [0.717, 1.165) is 25.7 Å². The summed E-state index contributed by atoms with van der Waals surface area (Å²) in [5.74, 6) is 0.449. The summed E-state index contributed by atoms with van der Waals surface area (Å²) in [5.41, 5.74) is 6.12. The molecule has 1 fully saturated rings. The lowest BCUT2D eigenvalue weighted by Gasteiger charge is -2.31. The van der Waals surface area contributed by atoms with Gasteiger partial charge in [0.25, 0.3) is 0 Å². The highest BCUT2D eigenvalue weighted by atomic mass is 32.2. The maximum Gasteiger partial charge on any atom is 0.240 e. The molecule has 5 heteroatoms. The summed E-state index contributed by atoms with van der Waals surface area (Å²) in [4.78, 5) is 0.257.